The highest BCUT2D eigenvalue weighted by Crippen LogP contribution is 2.33. The molecule has 0 bridgehead atoms. The minimum Gasteiger partial charge on any atom is -0.343 e. The van der Waals surface area contributed by atoms with Crippen LogP contribution in [0.25, 0.3) is 0 Å². The van der Waals surface area contributed by atoms with Crippen molar-refractivity contribution >= 4 is 5.91 Å². The Kier molecular flexibility index (Phi) is 5.04. The molecule has 0 aliphatic carbocycles. The lowest BCUT2D eigenvalue weighted by molar-refractivity contribution is -0.129. The Bertz CT molecular complexity index is 456. The van der Waals surface area contributed by atoms with Crippen LogP contribution in [0.2, 0.25) is 0 Å². The highest BCUT2D eigenvalue weighted by atomic mass is 16.2. The Morgan fingerprint density at radius 1 is 1.19 bits per heavy atom. The maximum absolute atomic E-state index is 11.4. The second-order valence-corrected chi connectivity index (χ2v) is 7.16. The van der Waals surface area contributed by atoms with Crippen LogP contribution in [0.4, 0.5) is 0 Å². The number of nitrogens with one attached hydrogen (secondary N) is 1. The number of piperidine rings is 1. The largest absolute Gasteiger partial charge is 0.343 e. The topological polar surface area (TPSA) is 32.3 Å². The molecule has 0 radical (unpaired) electrons. The molecule has 0 saturated carbocycles. The molecule has 1 N–H and O–H groups in total. The summed E-state index contributed by atoms with van der Waals surface area (Å²) in [5, 5.41) is 3.83. The molecule has 1 atom stereocenters. The van der Waals surface area contributed by atoms with E-state index in [9.17, 15) is 4.79 Å². The molecule has 1 fully saturated rings. The van der Waals surface area contributed by atoms with Gasteiger partial charge in [-0.05, 0) is 23.8 Å². The molecular formula is C18H28N2O. The molecule has 3 heteroatoms. The lowest BCUT2D eigenvalue weighted by Crippen LogP contribution is -2.47. The van der Waals surface area contributed by atoms with Crippen LogP contribution >= 0.6 is 0 Å². The first-order chi connectivity index (χ1) is 9.88. The molecule has 1 heterocycles. The predicted molar refractivity (Wildman–Crippen MR) is 87.0 cm³/mol. The van der Waals surface area contributed by atoms with Crippen molar-refractivity contribution in [2.24, 2.45) is 5.41 Å². The quantitative estimate of drug-likeness (QED) is 0.925. The second-order valence-electron chi connectivity index (χ2n) is 7.16. The number of likely N-dealkylation sites (tertiary alicyclic amines) is 1. The number of benzene rings is 1. The lowest BCUT2D eigenvalue weighted by Gasteiger charge is -2.39. The van der Waals surface area contributed by atoms with Gasteiger partial charge < -0.3 is 10.2 Å². The van der Waals surface area contributed by atoms with Gasteiger partial charge in [0.2, 0.25) is 5.91 Å². The van der Waals surface area contributed by atoms with Gasteiger partial charge in [0.05, 0.1) is 0 Å². The van der Waals surface area contributed by atoms with Crippen LogP contribution in [-0.2, 0) is 4.79 Å². The first-order valence-corrected chi connectivity index (χ1v) is 7.94. The maximum atomic E-state index is 11.4. The van der Waals surface area contributed by atoms with E-state index in [-0.39, 0.29) is 11.3 Å². The third-order valence-electron chi connectivity index (χ3n) is 4.34. The zero-order chi connectivity index (χ0) is 15.5. The highest BCUT2D eigenvalue weighted by molar-refractivity contribution is 5.73. The monoisotopic (exact) mass is 288 g/mol. The molecule has 1 aromatic carbocycles. The van der Waals surface area contributed by atoms with Crippen molar-refractivity contribution in [2.75, 3.05) is 13.1 Å². The SMILES string of the molecule is CC(=O)N1CCC(NC(c2ccccc2)C(C)(C)C)CC1. The third-order valence-corrected chi connectivity index (χ3v) is 4.34. The minimum atomic E-state index is 0.166. The van der Waals surface area contributed by atoms with Gasteiger partial charge in [0.1, 0.15) is 0 Å². The maximum Gasteiger partial charge on any atom is 0.219 e. The fourth-order valence-corrected chi connectivity index (χ4v) is 3.09. The number of nitrogens with zero attached hydrogens (tertiary/aromatic N) is 1. The summed E-state index contributed by atoms with van der Waals surface area (Å²) in [5.74, 6) is 0.198. The van der Waals surface area contributed by atoms with E-state index in [1.807, 2.05) is 4.90 Å². The van der Waals surface area contributed by atoms with E-state index in [1.165, 1.54) is 5.56 Å². The summed E-state index contributed by atoms with van der Waals surface area (Å²) < 4.78 is 0. The highest BCUT2D eigenvalue weighted by Gasteiger charge is 2.30. The van der Waals surface area contributed by atoms with Gasteiger partial charge in [0.15, 0.2) is 0 Å². The number of amides is 1. The Labute approximate surface area is 128 Å². The van der Waals surface area contributed by atoms with E-state index in [4.69, 9.17) is 0 Å². The van der Waals surface area contributed by atoms with Crippen LogP contribution in [0, 0.1) is 5.41 Å². The zero-order valence-corrected chi connectivity index (χ0v) is 13.7. The van der Waals surface area contributed by atoms with Crippen LogP contribution in [-0.4, -0.2) is 29.9 Å². The van der Waals surface area contributed by atoms with Crippen LogP contribution in [0.15, 0.2) is 30.3 Å². The average molecular weight is 288 g/mol. The van der Waals surface area contributed by atoms with E-state index in [0.717, 1.165) is 25.9 Å². The Balaban J connectivity index is 2.03. The summed E-state index contributed by atoms with van der Waals surface area (Å²) in [6.07, 6.45) is 2.08. The Morgan fingerprint density at radius 3 is 2.24 bits per heavy atom. The molecule has 1 unspecified atom stereocenters. The normalized spacial score (nSPS) is 18.6. The number of carbonyl (C=O) groups is 1. The molecule has 1 aromatic rings. The third kappa shape index (κ3) is 4.31. The summed E-state index contributed by atoms with van der Waals surface area (Å²) in [6, 6.07) is 11.5. The van der Waals surface area contributed by atoms with Crippen molar-refractivity contribution in [1.82, 2.24) is 10.2 Å². The summed E-state index contributed by atoms with van der Waals surface area (Å²) >= 11 is 0. The van der Waals surface area contributed by atoms with Gasteiger partial charge in [0.25, 0.3) is 0 Å². The lowest BCUT2D eigenvalue weighted by atomic mass is 9.81. The first-order valence-electron chi connectivity index (χ1n) is 7.94. The molecular weight excluding hydrogens is 260 g/mol. The van der Waals surface area contributed by atoms with E-state index in [2.05, 4.69) is 56.4 Å². The zero-order valence-electron chi connectivity index (χ0n) is 13.7. The number of rotatable bonds is 3. The predicted octanol–water partition coefficient (Wildman–Crippen LogP) is 3.37. The standard InChI is InChI=1S/C18H28N2O/c1-14(21)20-12-10-16(11-13-20)19-17(18(2,3)4)15-8-6-5-7-9-15/h5-9,16-17,19H,10-13H2,1-4H3. The second kappa shape index (κ2) is 6.61. The van der Waals surface area contributed by atoms with Gasteiger partial charge in [-0.3, -0.25) is 4.79 Å². The molecule has 2 rings (SSSR count). The molecule has 1 aliphatic heterocycles. The molecule has 21 heavy (non-hydrogen) atoms. The Hall–Kier alpha value is -1.35. The van der Waals surface area contributed by atoms with E-state index in [0.29, 0.717) is 12.1 Å². The van der Waals surface area contributed by atoms with E-state index >= 15 is 0 Å². The smallest absolute Gasteiger partial charge is 0.219 e. The van der Waals surface area contributed by atoms with Gasteiger partial charge in [-0.25, -0.2) is 0 Å². The minimum absolute atomic E-state index is 0.166. The molecule has 116 valence electrons. The van der Waals surface area contributed by atoms with Gasteiger partial charge in [-0.1, -0.05) is 51.1 Å². The van der Waals surface area contributed by atoms with Gasteiger partial charge in [-0.15, -0.1) is 0 Å². The van der Waals surface area contributed by atoms with Gasteiger partial charge in [0, 0.05) is 32.1 Å². The first kappa shape index (κ1) is 16.0. The van der Waals surface area contributed by atoms with Crippen LogP contribution in [0.3, 0.4) is 0 Å². The van der Waals surface area contributed by atoms with Gasteiger partial charge >= 0.3 is 0 Å². The van der Waals surface area contributed by atoms with Crippen molar-refractivity contribution in [3.63, 3.8) is 0 Å². The van der Waals surface area contributed by atoms with Crippen molar-refractivity contribution in [3.05, 3.63) is 35.9 Å². The van der Waals surface area contributed by atoms with Crippen LogP contribution in [0.1, 0.15) is 52.1 Å². The molecule has 1 amide bonds. The average Bonchev–Trinajstić information content (AvgIpc) is 2.45. The summed E-state index contributed by atoms with van der Waals surface area (Å²) in [6.45, 7) is 10.3. The fourth-order valence-electron chi connectivity index (χ4n) is 3.09. The van der Waals surface area contributed by atoms with Crippen molar-refractivity contribution in [3.8, 4) is 0 Å². The van der Waals surface area contributed by atoms with Crippen molar-refractivity contribution in [1.29, 1.82) is 0 Å². The van der Waals surface area contributed by atoms with E-state index < -0.39 is 0 Å². The van der Waals surface area contributed by atoms with Crippen LogP contribution in [0.5, 0.6) is 0 Å². The number of hydrogen-bond donors (Lipinski definition) is 1. The summed E-state index contributed by atoms with van der Waals surface area (Å²) in [4.78, 5) is 13.4. The number of carbonyl (C=O) groups excluding carboxylic acids is 1. The van der Waals surface area contributed by atoms with E-state index in [1.54, 1.807) is 6.92 Å². The number of hydrogen-bond acceptors (Lipinski definition) is 2. The molecule has 0 aromatic heterocycles. The van der Waals surface area contributed by atoms with Crippen molar-refractivity contribution in [2.45, 2.75) is 52.6 Å². The van der Waals surface area contributed by atoms with Crippen LogP contribution < -0.4 is 5.32 Å². The molecule has 1 aliphatic rings. The Morgan fingerprint density at radius 2 is 1.76 bits per heavy atom. The summed E-state index contributed by atoms with van der Waals surface area (Å²) in [7, 11) is 0. The molecule has 3 nitrogen and oxygen atoms in total. The van der Waals surface area contributed by atoms with Gasteiger partial charge in [-0.2, -0.15) is 0 Å². The fraction of sp³-hybridized carbons (Fsp3) is 0.611. The van der Waals surface area contributed by atoms with Crippen molar-refractivity contribution < 1.29 is 4.79 Å². The summed E-state index contributed by atoms with van der Waals surface area (Å²) in [5.41, 5.74) is 1.51. The molecule has 1 saturated heterocycles. The molecule has 0 spiro atoms.